The number of hydrazine groups is 1. The van der Waals surface area contributed by atoms with Crippen molar-refractivity contribution in [3.63, 3.8) is 0 Å². The zero-order valence-electron chi connectivity index (χ0n) is 4.55. The second-order valence-corrected chi connectivity index (χ2v) is 2.02. The van der Waals surface area contributed by atoms with Crippen LogP contribution in [-0.2, 0) is 4.84 Å². The second-order valence-electron chi connectivity index (χ2n) is 1.33. The van der Waals surface area contributed by atoms with Crippen molar-refractivity contribution in [2.45, 2.75) is 0 Å². The number of hydrogen-bond donors (Lipinski definition) is 1. The van der Waals surface area contributed by atoms with Gasteiger partial charge in [-0.1, -0.05) is 16.9 Å². The van der Waals surface area contributed by atoms with Gasteiger partial charge in [-0.05, 0) is 0 Å². The molecule has 1 heterocycles. The quantitative estimate of drug-likeness (QED) is 0.566. The molecule has 0 aromatic carbocycles. The van der Waals surface area contributed by atoms with Crippen LogP contribution in [0.1, 0.15) is 0 Å². The lowest BCUT2D eigenvalue weighted by Crippen LogP contribution is -2.22. The number of nitrogens with zero attached hydrogens (tertiary/aromatic N) is 1. The fraction of sp³-hybridized carbons (Fsp3) is 0.250. The molecule has 0 spiro atoms. The van der Waals surface area contributed by atoms with Crippen LogP contribution in [0.3, 0.4) is 0 Å². The van der Waals surface area contributed by atoms with E-state index in [0.717, 1.165) is 5.09 Å². The first kappa shape index (κ1) is 5.78. The standard InChI is InChI=1S/C4H7N2OS/c1-6-5-3-4(7-6)8-2/h3,5H,2H2,1H3. The Morgan fingerprint density at radius 2 is 2.75 bits per heavy atom. The van der Waals surface area contributed by atoms with Gasteiger partial charge < -0.3 is 4.84 Å². The summed E-state index contributed by atoms with van der Waals surface area (Å²) < 4.78 is 0. The summed E-state index contributed by atoms with van der Waals surface area (Å²) in [4.78, 5) is 4.99. The zero-order valence-corrected chi connectivity index (χ0v) is 5.36. The monoisotopic (exact) mass is 131 g/mol. The van der Waals surface area contributed by atoms with Crippen molar-refractivity contribution in [1.29, 1.82) is 0 Å². The minimum absolute atomic E-state index is 0.785. The van der Waals surface area contributed by atoms with Gasteiger partial charge in [-0.25, -0.2) is 0 Å². The van der Waals surface area contributed by atoms with Crippen LogP contribution in [0, 0.1) is 6.26 Å². The first-order chi connectivity index (χ1) is 3.83. The molecule has 3 nitrogen and oxygen atoms in total. The highest BCUT2D eigenvalue weighted by Crippen LogP contribution is 2.17. The van der Waals surface area contributed by atoms with E-state index in [4.69, 9.17) is 4.84 Å². The summed E-state index contributed by atoms with van der Waals surface area (Å²) in [5, 5.41) is 2.29. The largest absolute Gasteiger partial charge is 0.378 e. The maximum atomic E-state index is 4.99. The molecule has 0 fully saturated rings. The summed E-state index contributed by atoms with van der Waals surface area (Å²) in [5.41, 5.74) is 2.81. The van der Waals surface area contributed by atoms with Gasteiger partial charge in [-0.15, -0.1) is 0 Å². The first-order valence-electron chi connectivity index (χ1n) is 2.13. The predicted molar refractivity (Wildman–Crippen MR) is 33.0 cm³/mol. The van der Waals surface area contributed by atoms with Crippen LogP contribution >= 0.6 is 11.8 Å². The highest BCUT2D eigenvalue weighted by atomic mass is 32.2. The van der Waals surface area contributed by atoms with Gasteiger partial charge in [0, 0.05) is 13.3 Å². The van der Waals surface area contributed by atoms with Gasteiger partial charge in [0.15, 0.2) is 0 Å². The third-order valence-electron chi connectivity index (χ3n) is 0.733. The minimum Gasteiger partial charge on any atom is -0.378 e. The van der Waals surface area contributed by atoms with Crippen LogP contribution in [0.5, 0.6) is 0 Å². The Morgan fingerprint density at radius 1 is 2.00 bits per heavy atom. The van der Waals surface area contributed by atoms with Crippen LogP contribution in [0.15, 0.2) is 11.3 Å². The maximum absolute atomic E-state index is 4.99. The lowest BCUT2D eigenvalue weighted by molar-refractivity contribution is -0.0920. The van der Waals surface area contributed by atoms with Gasteiger partial charge in [-0.3, -0.25) is 5.43 Å². The summed E-state index contributed by atoms with van der Waals surface area (Å²) in [6.45, 7) is 0. The lowest BCUT2D eigenvalue weighted by atomic mass is 11.0. The molecule has 45 valence electrons. The maximum Gasteiger partial charge on any atom is 0.200 e. The summed E-state index contributed by atoms with van der Waals surface area (Å²) in [6, 6.07) is 0. The molecule has 1 rings (SSSR count). The van der Waals surface area contributed by atoms with Crippen LogP contribution in [0.25, 0.3) is 0 Å². The van der Waals surface area contributed by atoms with Crippen molar-refractivity contribution in [2.24, 2.45) is 0 Å². The normalized spacial score (nSPS) is 19.5. The van der Waals surface area contributed by atoms with Crippen molar-refractivity contribution in [2.75, 3.05) is 7.05 Å². The van der Waals surface area contributed by atoms with E-state index in [9.17, 15) is 0 Å². The Labute approximate surface area is 52.6 Å². The molecule has 1 N–H and O–H groups in total. The molecule has 0 bridgehead atoms. The van der Waals surface area contributed by atoms with E-state index in [2.05, 4.69) is 11.7 Å². The molecule has 1 radical (unpaired) electrons. The van der Waals surface area contributed by atoms with Crippen molar-refractivity contribution in [3.05, 3.63) is 17.5 Å². The highest BCUT2D eigenvalue weighted by molar-refractivity contribution is 8.03. The topological polar surface area (TPSA) is 24.5 Å². The predicted octanol–water partition coefficient (Wildman–Crippen LogP) is 0.692. The first-order valence-corrected chi connectivity index (χ1v) is 3.11. The van der Waals surface area contributed by atoms with Crippen molar-refractivity contribution in [1.82, 2.24) is 10.6 Å². The van der Waals surface area contributed by atoms with E-state index < -0.39 is 0 Å². The van der Waals surface area contributed by atoms with E-state index in [1.54, 1.807) is 13.2 Å². The molecule has 1 aliphatic rings. The van der Waals surface area contributed by atoms with Gasteiger partial charge in [-0.2, -0.15) is 0 Å². The Bertz CT molecular complexity index is 115. The molecule has 0 amide bonds. The fourth-order valence-electron chi connectivity index (χ4n) is 0.399. The van der Waals surface area contributed by atoms with Gasteiger partial charge in [0.05, 0.1) is 6.20 Å². The smallest absolute Gasteiger partial charge is 0.200 e. The van der Waals surface area contributed by atoms with Crippen molar-refractivity contribution >= 4 is 11.8 Å². The molecule has 0 saturated heterocycles. The molecule has 1 aliphatic heterocycles. The average Bonchev–Trinajstić information content (AvgIpc) is 2.14. The minimum atomic E-state index is 0.785. The zero-order chi connectivity index (χ0) is 5.98. The van der Waals surface area contributed by atoms with Gasteiger partial charge >= 0.3 is 0 Å². The molecular weight excluding hydrogens is 124 g/mol. The third kappa shape index (κ3) is 1.08. The number of hydroxylamine groups is 1. The van der Waals surface area contributed by atoms with Gasteiger partial charge in [0.2, 0.25) is 5.09 Å². The highest BCUT2D eigenvalue weighted by Gasteiger charge is 2.07. The van der Waals surface area contributed by atoms with E-state index >= 15 is 0 Å². The third-order valence-corrected chi connectivity index (χ3v) is 1.21. The van der Waals surface area contributed by atoms with E-state index in [0.29, 0.717) is 0 Å². The van der Waals surface area contributed by atoms with E-state index in [1.165, 1.54) is 16.9 Å². The second kappa shape index (κ2) is 2.28. The average molecular weight is 131 g/mol. The SMILES string of the molecule is [CH2]SC1=CNN(C)O1. The molecule has 0 unspecified atom stereocenters. The number of rotatable bonds is 1. The van der Waals surface area contributed by atoms with Crippen LogP contribution < -0.4 is 5.43 Å². The van der Waals surface area contributed by atoms with Gasteiger partial charge in [0.1, 0.15) is 0 Å². The molecule has 0 aliphatic carbocycles. The Hall–Kier alpha value is -0.350. The molecule has 0 aromatic heterocycles. The summed E-state index contributed by atoms with van der Waals surface area (Å²) in [7, 11) is 1.78. The summed E-state index contributed by atoms with van der Waals surface area (Å²) >= 11 is 1.32. The van der Waals surface area contributed by atoms with E-state index in [1.807, 2.05) is 0 Å². The van der Waals surface area contributed by atoms with Crippen molar-refractivity contribution < 1.29 is 4.84 Å². The number of hydrogen-bond acceptors (Lipinski definition) is 4. The Balaban J connectivity index is 2.37. The van der Waals surface area contributed by atoms with Crippen LogP contribution in [-0.4, -0.2) is 12.2 Å². The van der Waals surface area contributed by atoms with Crippen molar-refractivity contribution in [3.8, 4) is 0 Å². The van der Waals surface area contributed by atoms with Gasteiger partial charge in [0.25, 0.3) is 0 Å². The molecule has 4 heteroatoms. The number of thioether (sulfide) groups is 1. The fourth-order valence-corrected chi connectivity index (χ4v) is 0.700. The Kier molecular flexibility index (Phi) is 1.65. The lowest BCUT2D eigenvalue weighted by Gasteiger charge is -2.06. The number of nitrogens with one attached hydrogen (secondary N) is 1. The van der Waals surface area contributed by atoms with Crippen LogP contribution in [0.4, 0.5) is 0 Å². The molecule has 0 aromatic rings. The molecule has 8 heavy (non-hydrogen) atoms. The molecule has 0 atom stereocenters. The molecular formula is C4H7N2OS. The summed E-state index contributed by atoms with van der Waals surface area (Å²) in [6.07, 6.45) is 5.31. The van der Waals surface area contributed by atoms with Crippen LogP contribution in [0.2, 0.25) is 0 Å². The molecule has 0 saturated carbocycles. The Morgan fingerprint density at radius 3 is 3.00 bits per heavy atom. The van der Waals surface area contributed by atoms with E-state index in [-0.39, 0.29) is 0 Å². The summed E-state index contributed by atoms with van der Waals surface area (Å²) in [5.74, 6) is 0.